The Kier molecular flexibility index (Phi) is 6.45. The zero-order chi connectivity index (χ0) is 23.8. The molecule has 1 saturated carbocycles. The molecule has 2 aliphatic rings. The lowest BCUT2D eigenvalue weighted by molar-refractivity contribution is 0.0701. The van der Waals surface area contributed by atoms with Crippen LogP contribution < -0.4 is 15.2 Å². The number of nitrogens with two attached hydrogens (primary N) is 1. The molecule has 0 unspecified atom stereocenters. The maximum Gasteiger partial charge on any atom is 0.346 e. The van der Waals surface area contributed by atoms with Crippen LogP contribution in [0.4, 0.5) is 0 Å². The summed E-state index contributed by atoms with van der Waals surface area (Å²) in [5.74, 6) is 2.11. The number of pyridine rings is 1. The number of methoxy groups -OCH3 is 1. The number of carboxylic acid groups (broad SMARTS) is 1. The molecule has 2 aromatic heterocycles. The van der Waals surface area contributed by atoms with Gasteiger partial charge in [-0.05, 0) is 65.5 Å². The van der Waals surface area contributed by atoms with Gasteiger partial charge < -0.3 is 20.3 Å². The van der Waals surface area contributed by atoms with E-state index in [0.29, 0.717) is 35.3 Å². The van der Waals surface area contributed by atoms with E-state index in [4.69, 9.17) is 20.3 Å². The third kappa shape index (κ3) is 4.48. The molecule has 0 spiro atoms. The average Bonchev–Trinajstić information content (AvgIpc) is 3.13. The highest BCUT2D eigenvalue weighted by Gasteiger charge is 2.63. The van der Waals surface area contributed by atoms with Gasteiger partial charge in [-0.2, -0.15) is 0 Å². The standard InChI is InChI=1S/C14H16N2O2.C12H14O2S/c1-17-14-8-13(3-2-12(14)9-15)18-10-11-4-6-16-7-5-11;1-5-8-6(10(15-5)11(13)14)4-7-9(8)12(7,2)3/h2-8H,9-10,15H2,1H3;7,9H,4H2,1-3H3,(H,13,14)/t;7-,9-/m.1/s1. The highest BCUT2D eigenvalue weighted by molar-refractivity contribution is 7.14. The molecule has 33 heavy (non-hydrogen) atoms. The number of aryl methyl sites for hydroxylation is 1. The summed E-state index contributed by atoms with van der Waals surface area (Å²) in [7, 11) is 1.63. The number of hydrogen-bond acceptors (Lipinski definition) is 6. The highest BCUT2D eigenvalue weighted by atomic mass is 32.1. The molecule has 3 aromatic rings. The fraction of sp³-hybridized carbons (Fsp3) is 0.385. The van der Waals surface area contributed by atoms with Gasteiger partial charge in [0.05, 0.1) is 7.11 Å². The van der Waals surface area contributed by atoms with E-state index in [0.717, 1.165) is 34.6 Å². The Morgan fingerprint density at radius 2 is 2.00 bits per heavy atom. The van der Waals surface area contributed by atoms with Gasteiger partial charge in [-0.3, -0.25) is 4.98 Å². The summed E-state index contributed by atoms with van der Waals surface area (Å²) >= 11 is 1.46. The number of nitrogens with zero attached hydrogens (tertiary/aromatic N) is 1. The van der Waals surface area contributed by atoms with Crippen LogP contribution in [0.5, 0.6) is 11.5 Å². The molecule has 0 radical (unpaired) electrons. The Labute approximate surface area is 198 Å². The van der Waals surface area contributed by atoms with E-state index in [1.54, 1.807) is 19.5 Å². The van der Waals surface area contributed by atoms with Gasteiger partial charge >= 0.3 is 5.97 Å². The molecular weight excluding hydrogens is 436 g/mol. The van der Waals surface area contributed by atoms with Gasteiger partial charge in [-0.15, -0.1) is 11.3 Å². The van der Waals surface area contributed by atoms with E-state index < -0.39 is 5.97 Å². The minimum Gasteiger partial charge on any atom is -0.496 e. The summed E-state index contributed by atoms with van der Waals surface area (Å²) in [6.45, 7) is 7.61. The Hall–Kier alpha value is -2.90. The number of carboxylic acids is 1. The molecular formula is C26H30N2O4S. The zero-order valence-electron chi connectivity index (χ0n) is 19.4. The molecule has 1 fully saturated rings. The van der Waals surface area contributed by atoms with Gasteiger partial charge in [-0.1, -0.05) is 19.9 Å². The van der Waals surface area contributed by atoms with Crippen molar-refractivity contribution < 1.29 is 19.4 Å². The maximum atomic E-state index is 11.1. The lowest BCUT2D eigenvalue weighted by Crippen LogP contribution is -2.03. The first-order chi connectivity index (χ1) is 15.8. The lowest BCUT2D eigenvalue weighted by Gasteiger charge is -2.10. The van der Waals surface area contributed by atoms with E-state index in [9.17, 15) is 4.79 Å². The van der Waals surface area contributed by atoms with Crippen LogP contribution in [0.2, 0.25) is 0 Å². The van der Waals surface area contributed by atoms with Gasteiger partial charge in [-0.25, -0.2) is 4.79 Å². The Morgan fingerprint density at radius 1 is 1.27 bits per heavy atom. The summed E-state index contributed by atoms with van der Waals surface area (Å²) < 4.78 is 10.9. The molecule has 3 N–H and O–H groups in total. The Balaban J connectivity index is 0.000000159. The Morgan fingerprint density at radius 3 is 2.64 bits per heavy atom. The number of rotatable bonds is 6. The number of benzene rings is 1. The minimum atomic E-state index is -0.747. The first-order valence-electron chi connectivity index (χ1n) is 11.0. The third-order valence-corrected chi connectivity index (χ3v) is 8.00. The van der Waals surface area contributed by atoms with Gasteiger partial charge in [0.1, 0.15) is 23.0 Å². The molecule has 7 heteroatoms. The van der Waals surface area contributed by atoms with Crippen molar-refractivity contribution in [3.8, 4) is 11.5 Å². The van der Waals surface area contributed by atoms with Crippen molar-refractivity contribution in [2.45, 2.75) is 46.3 Å². The lowest BCUT2D eigenvalue weighted by atomic mass is 9.95. The molecule has 0 saturated heterocycles. The average molecular weight is 467 g/mol. The quantitative estimate of drug-likeness (QED) is 0.520. The predicted octanol–water partition coefficient (Wildman–Crippen LogP) is 5.18. The largest absolute Gasteiger partial charge is 0.496 e. The van der Waals surface area contributed by atoms with Crippen LogP contribution in [-0.4, -0.2) is 23.2 Å². The second-order valence-corrected chi connectivity index (χ2v) is 10.3. The van der Waals surface area contributed by atoms with Crippen LogP contribution in [0, 0.1) is 18.3 Å². The molecule has 6 nitrogen and oxygen atoms in total. The maximum absolute atomic E-state index is 11.1. The molecule has 2 heterocycles. The second-order valence-electron chi connectivity index (χ2n) is 9.12. The van der Waals surface area contributed by atoms with Crippen LogP contribution in [0.15, 0.2) is 42.7 Å². The number of hydrogen-bond donors (Lipinski definition) is 2. The first-order valence-corrected chi connectivity index (χ1v) is 11.8. The zero-order valence-corrected chi connectivity index (χ0v) is 20.2. The molecule has 0 aliphatic heterocycles. The van der Waals surface area contributed by atoms with E-state index in [1.165, 1.54) is 21.8 Å². The van der Waals surface area contributed by atoms with Gasteiger partial charge in [0.15, 0.2) is 0 Å². The minimum absolute atomic E-state index is 0.411. The van der Waals surface area contributed by atoms with Crippen molar-refractivity contribution in [2.24, 2.45) is 17.1 Å². The molecule has 5 rings (SSSR count). The molecule has 174 valence electrons. The van der Waals surface area contributed by atoms with E-state index in [1.807, 2.05) is 30.3 Å². The van der Waals surface area contributed by atoms with Crippen LogP contribution in [0.1, 0.15) is 56.6 Å². The summed E-state index contributed by atoms with van der Waals surface area (Å²) in [5.41, 5.74) is 10.6. The highest BCUT2D eigenvalue weighted by Crippen LogP contribution is 2.71. The number of ether oxygens (including phenoxy) is 2. The van der Waals surface area contributed by atoms with Crippen molar-refractivity contribution in [1.82, 2.24) is 4.98 Å². The molecule has 0 bridgehead atoms. The summed E-state index contributed by atoms with van der Waals surface area (Å²) in [5, 5.41) is 9.10. The fourth-order valence-corrected chi connectivity index (χ4v) is 6.00. The number of carbonyl (C=O) groups is 1. The SMILES string of the molecule is COc1cc(OCc2ccncc2)ccc1CN.Cc1sc(C(=O)O)c2c1[C@H]1[C@@H](C2)C1(C)C. The van der Waals surface area contributed by atoms with Crippen LogP contribution in [0.3, 0.4) is 0 Å². The number of fused-ring (bicyclic) bond motifs is 3. The van der Waals surface area contributed by atoms with Crippen molar-refractivity contribution in [3.63, 3.8) is 0 Å². The number of aromatic carboxylic acids is 1. The van der Waals surface area contributed by atoms with Crippen molar-refractivity contribution in [1.29, 1.82) is 0 Å². The van der Waals surface area contributed by atoms with Crippen molar-refractivity contribution >= 4 is 17.3 Å². The van der Waals surface area contributed by atoms with Crippen molar-refractivity contribution in [2.75, 3.05) is 7.11 Å². The topological polar surface area (TPSA) is 94.7 Å². The Bertz CT molecular complexity index is 1160. The van der Waals surface area contributed by atoms with E-state index in [2.05, 4.69) is 25.8 Å². The normalized spacial score (nSPS) is 19.1. The van der Waals surface area contributed by atoms with E-state index >= 15 is 0 Å². The van der Waals surface area contributed by atoms with E-state index in [-0.39, 0.29) is 0 Å². The first kappa shape index (κ1) is 23.3. The molecule has 2 aliphatic carbocycles. The third-order valence-electron chi connectivity index (χ3n) is 6.85. The summed E-state index contributed by atoms with van der Waals surface area (Å²) in [4.78, 5) is 16.8. The fourth-order valence-electron chi connectivity index (χ4n) is 4.93. The summed E-state index contributed by atoms with van der Waals surface area (Å²) in [6.07, 6.45) is 4.48. The number of thiophene rings is 1. The molecule has 2 atom stereocenters. The van der Waals surface area contributed by atoms with Crippen LogP contribution in [-0.2, 0) is 19.6 Å². The summed E-state index contributed by atoms with van der Waals surface area (Å²) in [6, 6.07) is 9.51. The molecule has 0 amide bonds. The monoisotopic (exact) mass is 466 g/mol. The van der Waals surface area contributed by atoms with Crippen LogP contribution in [0.25, 0.3) is 0 Å². The number of aromatic nitrogens is 1. The van der Waals surface area contributed by atoms with Crippen molar-refractivity contribution in [3.05, 3.63) is 74.7 Å². The second kappa shape index (κ2) is 9.15. The van der Waals surface area contributed by atoms with Gasteiger partial charge in [0.25, 0.3) is 0 Å². The van der Waals surface area contributed by atoms with Gasteiger partial charge in [0.2, 0.25) is 0 Å². The van der Waals surface area contributed by atoms with Crippen LogP contribution >= 0.6 is 11.3 Å². The van der Waals surface area contributed by atoms with Gasteiger partial charge in [0, 0.05) is 35.4 Å². The molecule has 1 aromatic carbocycles. The predicted molar refractivity (Wildman–Crippen MR) is 129 cm³/mol. The smallest absolute Gasteiger partial charge is 0.346 e.